The van der Waals surface area contributed by atoms with Crippen LogP contribution in [0.5, 0.6) is 0 Å². The number of fused-ring (bicyclic) bond motifs is 2. The van der Waals surface area contributed by atoms with E-state index in [2.05, 4.69) is 6.07 Å². The molecule has 3 nitrogen and oxygen atoms in total. The van der Waals surface area contributed by atoms with Crippen LogP contribution in [0.15, 0.2) is 18.2 Å². The Morgan fingerprint density at radius 1 is 1.45 bits per heavy atom. The number of hydrogen-bond donors (Lipinski definition) is 1. The molecule has 2 aliphatic rings. The summed E-state index contributed by atoms with van der Waals surface area (Å²) in [5.41, 5.74) is -3.21. The van der Waals surface area contributed by atoms with Crippen molar-refractivity contribution >= 4 is 0 Å². The Bertz CT molecular complexity index is 596. The van der Waals surface area contributed by atoms with E-state index < -0.39 is 28.8 Å². The number of benzene rings is 1. The fourth-order valence-electron chi connectivity index (χ4n) is 3.57. The van der Waals surface area contributed by atoms with Gasteiger partial charge in [-0.15, -0.1) is 0 Å². The average molecular weight is 279 g/mol. The summed E-state index contributed by atoms with van der Waals surface area (Å²) in [6, 6.07) is 5.78. The van der Waals surface area contributed by atoms with Gasteiger partial charge in [-0.3, -0.25) is 0 Å². The van der Waals surface area contributed by atoms with Gasteiger partial charge in [0, 0.05) is 5.56 Å². The standard InChI is InChI=1S/C15H15F2NO2/c1-14(19,10-3-2-4-11(16)13(10)17)15(8-18)7-9-5-6-12(15)20-9/h2-4,9,12,19H,5-7H2,1H3. The summed E-state index contributed by atoms with van der Waals surface area (Å²) in [6.07, 6.45) is 1.33. The van der Waals surface area contributed by atoms with Crippen LogP contribution >= 0.6 is 0 Å². The Morgan fingerprint density at radius 2 is 2.20 bits per heavy atom. The summed E-state index contributed by atoms with van der Waals surface area (Å²) < 4.78 is 33.1. The van der Waals surface area contributed by atoms with Crippen molar-refractivity contribution in [1.82, 2.24) is 0 Å². The van der Waals surface area contributed by atoms with E-state index in [1.165, 1.54) is 19.1 Å². The average Bonchev–Trinajstić information content (AvgIpc) is 3.02. The molecule has 2 fully saturated rings. The van der Waals surface area contributed by atoms with Gasteiger partial charge in [0.2, 0.25) is 0 Å². The van der Waals surface area contributed by atoms with E-state index in [0.717, 1.165) is 12.5 Å². The molecule has 0 amide bonds. The Morgan fingerprint density at radius 3 is 2.75 bits per heavy atom. The van der Waals surface area contributed by atoms with Crippen LogP contribution in [0.2, 0.25) is 0 Å². The molecule has 0 spiro atoms. The Balaban J connectivity index is 2.12. The van der Waals surface area contributed by atoms with Crippen LogP contribution < -0.4 is 0 Å². The largest absolute Gasteiger partial charge is 0.384 e. The van der Waals surface area contributed by atoms with Gasteiger partial charge in [-0.05, 0) is 32.3 Å². The van der Waals surface area contributed by atoms with E-state index in [1.807, 2.05) is 0 Å². The van der Waals surface area contributed by atoms with Gasteiger partial charge in [0.1, 0.15) is 11.0 Å². The van der Waals surface area contributed by atoms with E-state index in [1.54, 1.807) is 0 Å². The molecule has 2 heterocycles. The number of halogens is 2. The second-order valence-corrected chi connectivity index (χ2v) is 5.78. The first-order chi connectivity index (χ1) is 9.42. The first-order valence-electron chi connectivity index (χ1n) is 6.66. The molecule has 1 N–H and O–H groups in total. The predicted octanol–water partition coefficient (Wildman–Crippen LogP) is 2.63. The highest BCUT2D eigenvalue weighted by atomic mass is 19.2. The number of hydrogen-bond acceptors (Lipinski definition) is 3. The molecule has 2 saturated heterocycles. The Kier molecular flexibility index (Phi) is 2.86. The molecule has 2 bridgehead atoms. The van der Waals surface area contributed by atoms with E-state index in [9.17, 15) is 19.1 Å². The molecular weight excluding hydrogens is 264 g/mol. The van der Waals surface area contributed by atoms with Crippen molar-refractivity contribution in [2.45, 2.75) is 44.0 Å². The van der Waals surface area contributed by atoms with Crippen LogP contribution in [-0.2, 0) is 10.3 Å². The van der Waals surface area contributed by atoms with Crippen molar-refractivity contribution in [2.24, 2.45) is 5.41 Å². The maximum Gasteiger partial charge on any atom is 0.164 e. The topological polar surface area (TPSA) is 53.2 Å². The quantitative estimate of drug-likeness (QED) is 0.905. The lowest BCUT2D eigenvalue weighted by molar-refractivity contribution is -0.0797. The van der Waals surface area contributed by atoms with Gasteiger partial charge in [-0.2, -0.15) is 5.26 Å². The Labute approximate surface area is 115 Å². The molecule has 2 aliphatic heterocycles. The molecule has 1 aromatic carbocycles. The van der Waals surface area contributed by atoms with Gasteiger partial charge in [0.05, 0.1) is 18.3 Å². The molecule has 3 rings (SSSR count). The number of rotatable bonds is 2. The molecule has 0 aliphatic carbocycles. The number of nitrogens with zero attached hydrogens (tertiary/aromatic N) is 1. The van der Waals surface area contributed by atoms with Gasteiger partial charge < -0.3 is 9.84 Å². The summed E-state index contributed by atoms with van der Waals surface area (Å²) in [5.74, 6) is -2.13. The van der Waals surface area contributed by atoms with Crippen molar-refractivity contribution in [2.75, 3.05) is 0 Å². The van der Waals surface area contributed by atoms with Crippen molar-refractivity contribution in [3.05, 3.63) is 35.4 Å². The molecule has 0 radical (unpaired) electrons. The monoisotopic (exact) mass is 279 g/mol. The van der Waals surface area contributed by atoms with Crippen LogP contribution in [0.4, 0.5) is 8.78 Å². The second-order valence-electron chi connectivity index (χ2n) is 5.78. The van der Waals surface area contributed by atoms with E-state index >= 15 is 0 Å². The lowest BCUT2D eigenvalue weighted by atomic mass is 9.62. The van der Waals surface area contributed by atoms with Gasteiger partial charge in [0.25, 0.3) is 0 Å². The minimum absolute atomic E-state index is 0.0808. The molecule has 0 aromatic heterocycles. The maximum atomic E-state index is 14.0. The SMILES string of the molecule is CC(O)(c1cccc(F)c1F)C1(C#N)CC2CCC1O2. The lowest BCUT2D eigenvalue weighted by Gasteiger charge is -2.41. The van der Waals surface area contributed by atoms with Gasteiger partial charge in [0.15, 0.2) is 11.6 Å². The first kappa shape index (κ1) is 13.5. The third-order valence-electron chi connectivity index (χ3n) is 4.75. The summed E-state index contributed by atoms with van der Waals surface area (Å²) in [5, 5.41) is 20.4. The smallest absolute Gasteiger partial charge is 0.164 e. The molecule has 1 aromatic rings. The highest BCUT2D eigenvalue weighted by Crippen LogP contribution is 2.56. The lowest BCUT2D eigenvalue weighted by Crippen LogP contribution is -2.49. The zero-order valence-corrected chi connectivity index (χ0v) is 11.1. The van der Waals surface area contributed by atoms with E-state index in [0.29, 0.717) is 12.8 Å². The molecule has 4 unspecified atom stereocenters. The van der Waals surface area contributed by atoms with E-state index in [4.69, 9.17) is 4.74 Å². The maximum absolute atomic E-state index is 14.0. The summed E-state index contributed by atoms with van der Waals surface area (Å²) >= 11 is 0. The summed E-state index contributed by atoms with van der Waals surface area (Å²) in [4.78, 5) is 0. The van der Waals surface area contributed by atoms with Gasteiger partial charge in [-0.1, -0.05) is 12.1 Å². The third kappa shape index (κ3) is 1.55. The highest BCUT2D eigenvalue weighted by molar-refractivity contribution is 5.33. The molecule has 0 saturated carbocycles. The van der Waals surface area contributed by atoms with Gasteiger partial charge in [-0.25, -0.2) is 8.78 Å². The third-order valence-corrected chi connectivity index (χ3v) is 4.75. The van der Waals surface area contributed by atoms with Crippen LogP contribution in [-0.4, -0.2) is 17.3 Å². The zero-order chi connectivity index (χ0) is 14.5. The molecule has 4 atom stereocenters. The predicted molar refractivity (Wildman–Crippen MR) is 66.5 cm³/mol. The summed E-state index contributed by atoms with van der Waals surface area (Å²) in [7, 11) is 0. The van der Waals surface area contributed by atoms with E-state index in [-0.39, 0.29) is 11.7 Å². The fraction of sp³-hybridized carbons (Fsp3) is 0.533. The second kappa shape index (κ2) is 4.24. The zero-order valence-electron chi connectivity index (χ0n) is 11.1. The van der Waals surface area contributed by atoms with Crippen LogP contribution in [0.3, 0.4) is 0 Å². The van der Waals surface area contributed by atoms with Crippen molar-refractivity contribution in [1.29, 1.82) is 5.26 Å². The molecule has 5 heteroatoms. The highest BCUT2D eigenvalue weighted by Gasteiger charge is 2.63. The first-order valence-corrected chi connectivity index (χ1v) is 6.66. The molecule has 106 valence electrons. The minimum Gasteiger partial charge on any atom is -0.384 e. The number of aliphatic hydroxyl groups is 1. The van der Waals surface area contributed by atoms with Crippen LogP contribution in [0.25, 0.3) is 0 Å². The number of ether oxygens (including phenoxy) is 1. The van der Waals surface area contributed by atoms with Crippen molar-refractivity contribution < 1.29 is 18.6 Å². The molecule has 20 heavy (non-hydrogen) atoms. The minimum atomic E-state index is -1.80. The van der Waals surface area contributed by atoms with Crippen molar-refractivity contribution in [3.63, 3.8) is 0 Å². The van der Waals surface area contributed by atoms with Crippen LogP contribution in [0, 0.1) is 28.4 Å². The summed E-state index contributed by atoms with van der Waals surface area (Å²) in [6.45, 7) is 1.37. The van der Waals surface area contributed by atoms with Gasteiger partial charge >= 0.3 is 0 Å². The van der Waals surface area contributed by atoms with Crippen molar-refractivity contribution in [3.8, 4) is 6.07 Å². The Hall–Kier alpha value is -1.51. The van der Waals surface area contributed by atoms with Crippen LogP contribution in [0.1, 0.15) is 31.7 Å². The normalized spacial score (nSPS) is 34.8. The fourth-order valence-corrected chi connectivity index (χ4v) is 3.57. The molecular formula is C15H15F2NO2. The number of nitriles is 1.